The first-order valence-corrected chi connectivity index (χ1v) is 7.95. The quantitative estimate of drug-likeness (QED) is 0.732. The van der Waals surface area contributed by atoms with E-state index in [1.54, 1.807) is 48.5 Å². The lowest BCUT2D eigenvalue weighted by atomic mass is 10.1. The molecule has 2 rings (SSSR count). The van der Waals surface area contributed by atoms with E-state index in [9.17, 15) is 9.59 Å². The van der Waals surface area contributed by atoms with Crippen LogP contribution in [0, 0.1) is 5.92 Å². The van der Waals surface area contributed by atoms with Gasteiger partial charge in [0.1, 0.15) is 0 Å². The third kappa shape index (κ3) is 5.21. The third-order valence-corrected chi connectivity index (χ3v) is 3.67. The Morgan fingerprint density at radius 1 is 0.958 bits per heavy atom. The SMILES string of the molecule is CC(CCO)CNC(=O)c1ccc(NC(=O)c2ccccc2)cc1. The lowest BCUT2D eigenvalue weighted by Gasteiger charge is -2.11. The van der Waals surface area contributed by atoms with Gasteiger partial charge in [-0.25, -0.2) is 0 Å². The molecule has 5 nitrogen and oxygen atoms in total. The molecule has 1 unspecified atom stereocenters. The smallest absolute Gasteiger partial charge is 0.255 e. The summed E-state index contributed by atoms with van der Waals surface area (Å²) >= 11 is 0. The summed E-state index contributed by atoms with van der Waals surface area (Å²) in [5.41, 5.74) is 1.75. The number of anilines is 1. The molecule has 0 radical (unpaired) electrons. The van der Waals surface area contributed by atoms with E-state index in [1.165, 1.54) is 0 Å². The van der Waals surface area contributed by atoms with Crippen LogP contribution in [0.2, 0.25) is 0 Å². The van der Waals surface area contributed by atoms with Gasteiger partial charge >= 0.3 is 0 Å². The minimum absolute atomic E-state index is 0.118. The summed E-state index contributed by atoms with van der Waals surface area (Å²) in [4.78, 5) is 24.1. The molecule has 0 saturated heterocycles. The van der Waals surface area contributed by atoms with E-state index in [-0.39, 0.29) is 24.3 Å². The van der Waals surface area contributed by atoms with E-state index >= 15 is 0 Å². The van der Waals surface area contributed by atoms with Gasteiger partial charge in [0, 0.05) is 30.0 Å². The number of benzene rings is 2. The first-order chi connectivity index (χ1) is 11.6. The summed E-state index contributed by atoms with van der Waals surface area (Å²) in [6, 6.07) is 15.7. The van der Waals surface area contributed by atoms with Gasteiger partial charge in [-0.1, -0.05) is 25.1 Å². The third-order valence-electron chi connectivity index (χ3n) is 3.67. The van der Waals surface area contributed by atoms with Crippen molar-refractivity contribution in [1.82, 2.24) is 5.32 Å². The van der Waals surface area contributed by atoms with Crippen LogP contribution < -0.4 is 10.6 Å². The normalized spacial score (nSPS) is 11.6. The highest BCUT2D eigenvalue weighted by atomic mass is 16.3. The molecule has 0 spiro atoms. The van der Waals surface area contributed by atoms with Gasteiger partial charge in [-0.2, -0.15) is 0 Å². The molecule has 0 fully saturated rings. The maximum absolute atomic E-state index is 12.1. The van der Waals surface area contributed by atoms with E-state index in [0.717, 1.165) is 0 Å². The molecule has 1 atom stereocenters. The molecule has 126 valence electrons. The Morgan fingerprint density at radius 2 is 1.58 bits per heavy atom. The molecule has 24 heavy (non-hydrogen) atoms. The van der Waals surface area contributed by atoms with Crippen molar-refractivity contribution in [3.63, 3.8) is 0 Å². The largest absolute Gasteiger partial charge is 0.396 e. The molecule has 2 aromatic rings. The van der Waals surface area contributed by atoms with Crippen molar-refractivity contribution >= 4 is 17.5 Å². The zero-order valence-corrected chi connectivity index (χ0v) is 13.7. The van der Waals surface area contributed by atoms with Crippen molar-refractivity contribution in [2.75, 3.05) is 18.5 Å². The minimum atomic E-state index is -0.189. The molecule has 0 aliphatic carbocycles. The second-order valence-corrected chi connectivity index (χ2v) is 5.72. The van der Waals surface area contributed by atoms with Gasteiger partial charge in [-0.05, 0) is 48.7 Å². The second-order valence-electron chi connectivity index (χ2n) is 5.72. The highest BCUT2D eigenvalue weighted by Gasteiger charge is 2.09. The van der Waals surface area contributed by atoms with E-state index < -0.39 is 0 Å². The Kier molecular flexibility index (Phi) is 6.51. The number of hydrogen-bond donors (Lipinski definition) is 3. The maximum Gasteiger partial charge on any atom is 0.255 e. The summed E-state index contributed by atoms with van der Waals surface area (Å²) in [5.74, 6) is -0.130. The fourth-order valence-electron chi connectivity index (χ4n) is 2.19. The lowest BCUT2D eigenvalue weighted by Crippen LogP contribution is -2.28. The van der Waals surface area contributed by atoms with Gasteiger partial charge < -0.3 is 15.7 Å². The van der Waals surface area contributed by atoms with Crippen LogP contribution in [0.4, 0.5) is 5.69 Å². The van der Waals surface area contributed by atoms with Crippen molar-refractivity contribution < 1.29 is 14.7 Å². The number of carbonyl (C=O) groups excluding carboxylic acids is 2. The maximum atomic E-state index is 12.1. The molecule has 5 heteroatoms. The minimum Gasteiger partial charge on any atom is -0.396 e. The first-order valence-electron chi connectivity index (χ1n) is 7.95. The molecule has 2 aromatic carbocycles. The van der Waals surface area contributed by atoms with Crippen molar-refractivity contribution in [2.24, 2.45) is 5.92 Å². The van der Waals surface area contributed by atoms with Crippen LogP contribution >= 0.6 is 0 Å². The van der Waals surface area contributed by atoms with Crippen molar-refractivity contribution in [2.45, 2.75) is 13.3 Å². The number of rotatable bonds is 7. The number of aliphatic hydroxyl groups excluding tert-OH is 1. The van der Waals surface area contributed by atoms with E-state index in [2.05, 4.69) is 10.6 Å². The number of amides is 2. The molecule has 0 aromatic heterocycles. The van der Waals surface area contributed by atoms with Crippen molar-refractivity contribution in [3.8, 4) is 0 Å². The summed E-state index contributed by atoms with van der Waals surface area (Å²) in [5, 5.41) is 14.5. The van der Waals surface area contributed by atoms with E-state index in [4.69, 9.17) is 5.11 Å². The zero-order valence-electron chi connectivity index (χ0n) is 13.7. The fourth-order valence-corrected chi connectivity index (χ4v) is 2.19. The highest BCUT2D eigenvalue weighted by Crippen LogP contribution is 2.12. The zero-order chi connectivity index (χ0) is 17.4. The molecule has 3 N–H and O–H groups in total. The number of hydrogen-bond acceptors (Lipinski definition) is 3. The van der Waals surface area contributed by atoms with Crippen LogP contribution in [0.25, 0.3) is 0 Å². The molecular weight excluding hydrogens is 304 g/mol. The lowest BCUT2D eigenvalue weighted by molar-refractivity contribution is 0.0945. The van der Waals surface area contributed by atoms with E-state index in [0.29, 0.717) is 29.8 Å². The number of carbonyl (C=O) groups is 2. The Hall–Kier alpha value is -2.66. The molecular formula is C19H22N2O3. The average Bonchev–Trinajstić information content (AvgIpc) is 2.61. The Bertz CT molecular complexity index is 669. The fraction of sp³-hybridized carbons (Fsp3) is 0.263. The Balaban J connectivity index is 1.90. The van der Waals surface area contributed by atoms with Gasteiger partial charge in [-0.15, -0.1) is 0 Å². The van der Waals surface area contributed by atoms with Gasteiger partial charge in [0.05, 0.1) is 0 Å². The van der Waals surface area contributed by atoms with Gasteiger partial charge in [0.25, 0.3) is 11.8 Å². The van der Waals surface area contributed by atoms with Crippen LogP contribution in [-0.4, -0.2) is 30.1 Å². The van der Waals surface area contributed by atoms with Crippen molar-refractivity contribution in [3.05, 3.63) is 65.7 Å². The molecule has 0 aliphatic heterocycles. The summed E-state index contributed by atoms with van der Waals surface area (Å²) in [6.45, 7) is 2.61. The summed E-state index contributed by atoms with van der Waals surface area (Å²) in [6.07, 6.45) is 0.657. The van der Waals surface area contributed by atoms with Gasteiger partial charge in [0.2, 0.25) is 0 Å². The number of nitrogens with one attached hydrogen (secondary N) is 2. The monoisotopic (exact) mass is 326 g/mol. The first kappa shape index (κ1) is 17.7. The topological polar surface area (TPSA) is 78.4 Å². The molecule has 2 amide bonds. The van der Waals surface area contributed by atoms with Crippen LogP contribution in [0.1, 0.15) is 34.1 Å². The van der Waals surface area contributed by atoms with Crippen LogP contribution in [0.15, 0.2) is 54.6 Å². The summed E-state index contributed by atoms with van der Waals surface area (Å²) in [7, 11) is 0. The van der Waals surface area contributed by atoms with E-state index in [1.807, 2.05) is 13.0 Å². The predicted octanol–water partition coefficient (Wildman–Crippen LogP) is 2.69. The Morgan fingerprint density at radius 3 is 2.21 bits per heavy atom. The van der Waals surface area contributed by atoms with Crippen LogP contribution in [0.5, 0.6) is 0 Å². The molecule has 0 heterocycles. The summed E-state index contributed by atoms with van der Waals surface area (Å²) < 4.78 is 0. The average molecular weight is 326 g/mol. The highest BCUT2D eigenvalue weighted by molar-refractivity contribution is 6.04. The van der Waals surface area contributed by atoms with Crippen LogP contribution in [0.3, 0.4) is 0 Å². The predicted molar refractivity (Wildman–Crippen MR) is 94.0 cm³/mol. The standard InChI is InChI=1S/C19H22N2O3/c1-14(11-12-22)13-20-18(23)16-7-9-17(10-8-16)21-19(24)15-5-3-2-4-6-15/h2-10,14,22H,11-13H2,1H3,(H,20,23)(H,21,24). The van der Waals surface area contributed by atoms with Gasteiger partial charge in [-0.3, -0.25) is 9.59 Å². The van der Waals surface area contributed by atoms with Gasteiger partial charge in [0.15, 0.2) is 0 Å². The number of aliphatic hydroxyl groups is 1. The molecule has 0 aliphatic rings. The second kappa shape index (κ2) is 8.84. The van der Waals surface area contributed by atoms with Crippen molar-refractivity contribution in [1.29, 1.82) is 0 Å². The molecule has 0 saturated carbocycles. The molecule has 0 bridgehead atoms. The Labute approximate surface area is 141 Å². The van der Waals surface area contributed by atoms with Crippen LogP contribution in [-0.2, 0) is 0 Å².